The standard InChI is InChI=1S/C28H40O11/c1-13(29)35-19-11-17-20(36-14(2)30)21-25(7,10-9-18(33)27(21)12-34-27)22(37-15(3)31)23(38-16(4)32)28(24(17,5)6)26(19,8)39-28/h17-23,33H,9-12H2,1-8H3/t17-,18-,19-,20+,21-,22-,23-,25+,26+,27-,28-/m0/s1. The number of hydrogen-bond donors (Lipinski definition) is 1. The first-order valence-corrected chi connectivity index (χ1v) is 13.7. The lowest BCUT2D eigenvalue weighted by Crippen LogP contribution is -2.74. The summed E-state index contributed by atoms with van der Waals surface area (Å²) >= 11 is 0. The zero-order valence-electron chi connectivity index (χ0n) is 23.9. The molecule has 11 atom stereocenters. The van der Waals surface area contributed by atoms with Crippen molar-refractivity contribution in [1.29, 1.82) is 0 Å². The predicted octanol–water partition coefficient (Wildman–Crippen LogP) is 1.85. The third-order valence-corrected chi connectivity index (χ3v) is 10.5. The molecule has 0 amide bonds. The van der Waals surface area contributed by atoms with Gasteiger partial charge in [0.05, 0.1) is 12.7 Å². The summed E-state index contributed by atoms with van der Waals surface area (Å²) < 4.78 is 36.7. The van der Waals surface area contributed by atoms with Crippen molar-refractivity contribution < 1.29 is 52.7 Å². The van der Waals surface area contributed by atoms with Crippen LogP contribution in [0, 0.1) is 22.7 Å². The van der Waals surface area contributed by atoms with Gasteiger partial charge in [-0.2, -0.15) is 0 Å². The van der Waals surface area contributed by atoms with E-state index in [4.69, 9.17) is 28.4 Å². The van der Waals surface area contributed by atoms with Gasteiger partial charge in [0, 0.05) is 50.4 Å². The Morgan fingerprint density at radius 3 is 1.87 bits per heavy atom. The fourth-order valence-corrected chi connectivity index (χ4v) is 8.90. The monoisotopic (exact) mass is 552 g/mol. The van der Waals surface area contributed by atoms with E-state index in [2.05, 4.69) is 0 Å². The summed E-state index contributed by atoms with van der Waals surface area (Å²) in [7, 11) is 0. The first-order chi connectivity index (χ1) is 18.0. The van der Waals surface area contributed by atoms with Crippen LogP contribution in [-0.4, -0.2) is 82.9 Å². The summed E-state index contributed by atoms with van der Waals surface area (Å²) in [5.74, 6) is -3.30. The quantitative estimate of drug-likeness (QED) is 0.309. The molecule has 2 bridgehead atoms. The topological polar surface area (TPSA) is 150 Å². The molecule has 0 unspecified atom stereocenters. The summed E-state index contributed by atoms with van der Waals surface area (Å²) in [5.41, 5.74) is -5.19. The van der Waals surface area contributed by atoms with Crippen molar-refractivity contribution in [2.45, 2.75) is 122 Å². The van der Waals surface area contributed by atoms with Gasteiger partial charge in [-0.05, 0) is 26.2 Å². The van der Waals surface area contributed by atoms with Crippen LogP contribution >= 0.6 is 0 Å². The Morgan fingerprint density at radius 1 is 0.821 bits per heavy atom. The van der Waals surface area contributed by atoms with Gasteiger partial charge in [0.2, 0.25) is 0 Å². The molecule has 5 rings (SSSR count). The van der Waals surface area contributed by atoms with E-state index >= 15 is 0 Å². The van der Waals surface area contributed by atoms with Crippen molar-refractivity contribution in [3.05, 3.63) is 0 Å². The van der Waals surface area contributed by atoms with E-state index < -0.39 is 93.9 Å². The average molecular weight is 553 g/mol. The third-order valence-electron chi connectivity index (χ3n) is 10.5. The van der Waals surface area contributed by atoms with Crippen molar-refractivity contribution in [1.82, 2.24) is 0 Å². The number of aliphatic hydroxyl groups is 1. The summed E-state index contributed by atoms with van der Waals surface area (Å²) in [6.45, 7) is 13.1. The molecule has 0 aromatic rings. The molecule has 11 heteroatoms. The van der Waals surface area contributed by atoms with Gasteiger partial charge in [-0.25, -0.2) is 0 Å². The highest BCUT2D eigenvalue weighted by Gasteiger charge is 2.89. The molecule has 39 heavy (non-hydrogen) atoms. The van der Waals surface area contributed by atoms with Gasteiger partial charge in [-0.15, -0.1) is 0 Å². The van der Waals surface area contributed by atoms with Crippen LogP contribution in [0.15, 0.2) is 0 Å². The smallest absolute Gasteiger partial charge is 0.303 e. The van der Waals surface area contributed by atoms with Gasteiger partial charge >= 0.3 is 23.9 Å². The maximum absolute atomic E-state index is 12.7. The molecule has 2 spiro atoms. The molecule has 2 saturated heterocycles. The van der Waals surface area contributed by atoms with E-state index in [0.29, 0.717) is 19.3 Å². The van der Waals surface area contributed by atoms with Gasteiger partial charge in [-0.1, -0.05) is 20.8 Å². The summed E-state index contributed by atoms with van der Waals surface area (Å²) in [5, 5.41) is 11.2. The maximum Gasteiger partial charge on any atom is 0.303 e. The number of rotatable bonds is 4. The molecular weight excluding hydrogens is 512 g/mol. The Bertz CT molecular complexity index is 1100. The van der Waals surface area contributed by atoms with Crippen molar-refractivity contribution in [3.63, 3.8) is 0 Å². The van der Waals surface area contributed by atoms with Gasteiger partial charge < -0.3 is 33.5 Å². The van der Waals surface area contributed by atoms with E-state index in [1.54, 1.807) is 0 Å². The molecule has 218 valence electrons. The first-order valence-electron chi connectivity index (χ1n) is 13.7. The largest absolute Gasteiger partial charge is 0.462 e. The Kier molecular flexibility index (Phi) is 6.26. The molecule has 0 aromatic heterocycles. The van der Waals surface area contributed by atoms with Crippen LogP contribution in [0.5, 0.6) is 0 Å². The fourth-order valence-electron chi connectivity index (χ4n) is 8.90. The van der Waals surface area contributed by atoms with Gasteiger partial charge in [0.15, 0.2) is 6.10 Å². The van der Waals surface area contributed by atoms with Crippen LogP contribution < -0.4 is 0 Å². The molecular formula is C28H40O11. The van der Waals surface area contributed by atoms with E-state index in [-0.39, 0.29) is 6.61 Å². The Morgan fingerprint density at radius 2 is 1.36 bits per heavy atom. The number of aliphatic hydroxyl groups excluding tert-OH is 1. The molecule has 5 fully saturated rings. The van der Waals surface area contributed by atoms with Gasteiger partial charge in [0.25, 0.3) is 0 Å². The second-order valence-electron chi connectivity index (χ2n) is 13.0. The second-order valence-corrected chi connectivity index (χ2v) is 13.0. The molecule has 2 heterocycles. The molecule has 3 saturated carbocycles. The minimum atomic E-state index is -1.26. The maximum atomic E-state index is 12.7. The first kappa shape index (κ1) is 28.3. The van der Waals surface area contributed by atoms with Gasteiger partial charge in [0.1, 0.15) is 35.1 Å². The van der Waals surface area contributed by atoms with Crippen LogP contribution in [0.25, 0.3) is 0 Å². The molecule has 1 N–H and O–H groups in total. The SMILES string of the molecule is CC(=O)O[C@@H]1[C@@H]2C[C@H](OC(C)=O)[C@@]3(C)O[C@@]3([C@@H](OC(C)=O)[C@H](OC(C)=O)[C@]3(C)CC[C@H](O)[C@@]4(CO4)[C@@H]13)C2(C)C. The fraction of sp³-hybridized carbons (Fsp3) is 0.857. The zero-order valence-corrected chi connectivity index (χ0v) is 23.9. The lowest BCUT2D eigenvalue weighted by atomic mass is 9.45. The van der Waals surface area contributed by atoms with Crippen molar-refractivity contribution >= 4 is 23.9 Å². The van der Waals surface area contributed by atoms with E-state index in [1.807, 2.05) is 27.7 Å². The molecule has 5 aliphatic rings. The number of carbonyl (C=O) groups excluding carboxylic acids is 4. The molecule has 11 nitrogen and oxygen atoms in total. The number of carbonyl (C=O) groups is 4. The number of epoxide rings is 2. The lowest BCUT2D eigenvalue weighted by Gasteiger charge is -2.62. The number of hydrogen-bond acceptors (Lipinski definition) is 11. The van der Waals surface area contributed by atoms with E-state index in [9.17, 15) is 24.3 Å². The Labute approximate surface area is 228 Å². The third kappa shape index (κ3) is 3.71. The number of ether oxygens (including phenoxy) is 6. The van der Waals surface area contributed by atoms with E-state index in [0.717, 1.165) is 0 Å². The molecule has 3 aliphatic carbocycles. The van der Waals surface area contributed by atoms with Crippen LogP contribution in [-0.2, 0) is 47.6 Å². The van der Waals surface area contributed by atoms with Crippen LogP contribution in [0.3, 0.4) is 0 Å². The van der Waals surface area contributed by atoms with Crippen LogP contribution in [0.2, 0.25) is 0 Å². The van der Waals surface area contributed by atoms with Crippen molar-refractivity contribution in [2.75, 3.05) is 6.61 Å². The van der Waals surface area contributed by atoms with Crippen molar-refractivity contribution in [3.8, 4) is 0 Å². The summed E-state index contributed by atoms with van der Waals surface area (Å²) in [6, 6.07) is 0. The van der Waals surface area contributed by atoms with Crippen molar-refractivity contribution in [2.24, 2.45) is 22.7 Å². The van der Waals surface area contributed by atoms with Crippen LogP contribution in [0.4, 0.5) is 0 Å². The highest BCUT2D eigenvalue weighted by atomic mass is 16.7. The molecule has 0 aromatic carbocycles. The van der Waals surface area contributed by atoms with Gasteiger partial charge in [-0.3, -0.25) is 19.2 Å². The Balaban J connectivity index is 1.81. The molecule has 2 aliphatic heterocycles. The van der Waals surface area contributed by atoms with E-state index in [1.165, 1.54) is 27.7 Å². The zero-order chi connectivity index (χ0) is 28.9. The number of fused-ring (bicyclic) bond motifs is 3. The summed E-state index contributed by atoms with van der Waals surface area (Å²) in [6.07, 6.45) is -3.54. The lowest BCUT2D eigenvalue weighted by molar-refractivity contribution is -0.254. The summed E-state index contributed by atoms with van der Waals surface area (Å²) in [4.78, 5) is 50.2. The predicted molar refractivity (Wildman–Crippen MR) is 132 cm³/mol. The molecule has 0 radical (unpaired) electrons. The Hall–Kier alpha value is -2.24. The number of esters is 4. The minimum Gasteiger partial charge on any atom is -0.462 e. The minimum absolute atomic E-state index is 0.233. The second kappa shape index (κ2) is 8.63. The average Bonchev–Trinajstić information content (AvgIpc) is 3.70. The highest BCUT2D eigenvalue weighted by Crippen LogP contribution is 2.75. The van der Waals surface area contributed by atoms with Crippen LogP contribution in [0.1, 0.15) is 74.7 Å². The highest BCUT2D eigenvalue weighted by molar-refractivity contribution is 5.69. The normalized spacial score (nSPS) is 48.8.